The monoisotopic (exact) mass is 387 g/mol. The molecule has 27 heavy (non-hydrogen) atoms. The van der Waals surface area contributed by atoms with Crippen LogP contribution in [0, 0.1) is 5.92 Å². The molecule has 6 nitrogen and oxygen atoms in total. The zero-order valence-corrected chi connectivity index (χ0v) is 15.6. The summed E-state index contributed by atoms with van der Waals surface area (Å²) < 4.78 is 25.4. The van der Waals surface area contributed by atoms with Crippen molar-refractivity contribution in [3.63, 3.8) is 0 Å². The smallest absolute Gasteiger partial charge is 0.306 e. The van der Waals surface area contributed by atoms with E-state index in [0.29, 0.717) is 37.1 Å². The Hall–Kier alpha value is -2.67. The molecule has 0 radical (unpaired) electrons. The first kappa shape index (κ1) is 19.1. The Kier molecular flexibility index (Phi) is 5.60. The molecule has 142 valence electrons. The summed E-state index contributed by atoms with van der Waals surface area (Å²) in [6.07, 6.45) is 0.820. The van der Waals surface area contributed by atoms with Gasteiger partial charge in [-0.05, 0) is 36.6 Å². The number of piperidine rings is 1. The zero-order valence-electron chi connectivity index (χ0n) is 14.7. The highest BCUT2D eigenvalue weighted by atomic mass is 32.2. The number of aliphatic carboxylic acids is 1. The van der Waals surface area contributed by atoms with Crippen molar-refractivity contribution in [1.82, 2.24) is 4.90 Å². The Morgan fingerprint density at radius 2 is 1.67 bits per heavy atom. The van der Waals surface area contributed by atoms with E-state index in [1.165, 1.54) is 12.1 Å². The summed E-state index contributed by atoms with van der Waals surface area (Å²) in [4.78, 5) is 25.4. The third-order valence-corrected chi connectivity index (χ3v) is 6.46. The maximum atomic E-state index is 12.7. The molecule has 1 saturated heterocycles. The van der Waals surface area contributed by atoms with Crippen LogP contribution < -0.4 is 0 Å². The molecule has 0 bridgehead atoms. The molecule has 1 fully saturated rings. The second-order valence-corrected chi connectivity index (χ2v) is 8.67. The first-order valence-electron chi connectivity index (χ1n) is 8.75. The SMILES string of the molecule is O=C(O)C1CCN(C(=O)c2cccc(S(=O)(=O)Cc3ccccc3)c2)CC1. The number of hydrogen-bond acceptors (Lipinski definition) is 4. The van der Waals surface area contributed by atoms with Crippen molar-refractivity contribution >= 4 is 21.7 Å². The minimum Gasteiger partial charge on any atom is -0.481 e. The van der Waals surface area contributed by atoms with Crippen LogP contribution in [-0.2, 0) is 20.4 Å². The first-order chi connectivity index (χ1) is 12.9. The van der Waals surface area contributed by atoms with Gasteiger partial charge in [-0.25, -0.2) is 8.42 Å². The number of carbonyl (C=O) groups is 2. The van der Waals surface area contributed by atoms with E-state index in [-0.39, 0.29) is 16.6 Å². The van der Waals surface area contributed by atoms with Crippen LogP contribution in [-0.4, -0.2) is 43.4 Å². The second-order valence-electron chi connectivity index (χ2n) is 6.68. The third-order valence-electron chi connectivity index (χ3n) is 4.77. The van der Waals surface area contributed by atoms with E-state index in [1.807, 2.05) is 6.07 Å². The molecule has 3 rings (SSSR count). The van der Waals surface area contributed by atoms with Crippen molar-refractivity contribution in [2.24, 2.45) is 5.92 Å². The number of carboxylic acids is 1. The molecule has 1 aliphatic heterocycles. The van der Waals surface area contributed by atoms with Gasteiger partial charge in [0.1, 0.15) is 0 Å². The number of amides is 1. The van der Waals surface area contributed by atoms with E-state index in [4.69, 9.17) is 5.11 Å². The molecule has 7 heteroatoms. The summed E-state index contributed by atoms with van der Waals surface area (Å²) in [6, 6.07) is 14.9. The van der Waals surface area contributed by atoms with Gasteiger partial charge in [0.2, 0.25) is 0 Å². The van der Waals surface area contributed by atoms with Gasteiger partial charge in [-0.2, -0.15) is 0 Å². The first-order valence-corrected chi connectivity index (χ1v) is 10.4. The number of sulfone groups is 1. The number of likely N-dealkylation sites (tertiary alicyclic amines) is 1. The van der Waals surface area contributed by atoms with Crippen molar-refractivity contribution in [2.75, 3.05) is 13.1 Å². The van der Waals surface area contributed by atoms with Crippen LogP contribution in [0.3, 0.4) is 0 Å². The van der Waals surface area contributed by atoms with Crippen molar-refractivity contribution in [1.29, 1.82) is 0 Å². The maximum absolute atomic E-state index is 12.7. The average molecular weight is 387 g/mol. The van der Waals surface area contributed by atoms with Gasteiger partial charge in [0, 0.05) is 18.7 Å². The Bertz CT molecular complexity index is 932. The van der Waals surface area contributed by atoms with Gasteiger partial charge >= 0.3 is 5.97 Å². The highest BCUT2D eigenvalue weighted by Gasteiger charge is 2.28. The second kappa shape index (κ2) is 7.92. The fourth-order valence-corrected chi connectivity index (χ4v) is 4.60. The quantitative estimate of drug-likeness (QED) is 0.851. The topological polar surface area (TPSA) is 91.8 Å². The molecule has 2 aromatic rings. The largest absolute Gasteiger partial charge is 0.481 e. The third kappa shape index (κ3) is 4.54. The molecule has 0 aliphatic carbocycles. The van der Waals surface area contributed by atoms with Gasteiger partial charge in [0.05, 0.1) is 16.6 Å². The van der Waals surface area contributed by atoms with E-state index in [9.17, 15) is 18.0 Å². The molecule has 2 aromatic carbocycles. The van der Waals surface area contributed by atoms with E-state index < -0.39 is 21.7 Å². The number of nitrogens with zero attached hydrogens (tertiary/aromatic N) is 1. The van der Waals surface area contributed by atoms with Crippen LogP contribution >= 0.6 is 0 Å². The molecule has 1 heterocycles. The standard InChI is InChI=1S/C20H21NO5S/c22-19(21-11-9-16(10-12-21)20(23)24)17-7-4-8-18(13-17)27(25,26)14-15-5-2-1-3-6-15/h1-8,13,16H,9-12,14H2,(H,23,24). The van der Waals surface area contributed by atoms with Gasteiger partial charge in [-0.3, -0.25) is 9.59 Å². The Balaban J connectivity index is 1.75. The van der Waals surface area contributed by atoms with Gasteiger partial charge in [0.25, 0.3) is 5.91 Å². The Morgan fingerprint density at radius 1 is 1.00 bits per heavy atom. The molecule has 1 aliphatic rings. The molecular formula is C20H21NO5S. The zero-order chi connectivity index (χ0) is 19.4. The van der Waals surface area contributed by atoms with E-state index in [2.05, 4.69) is 0 Å². The average Bonchev–Trinajstić information content (AvgIpc) is 2.68. The van der Waals surface area contributed by atoms with Crippen LogP contribution in [0.25, 0.3) is 0 Å². The molecule has 0 saturated carbocycles. The number of hydrogen-bond donors (Lipinski definition) is 1. The predicted molar refractivity (Wildman–Crippen MR) is 100 cm³/mol. The van der Waals surface area contributed by atoms with Crippen molar-refractivity contribution in [3.05, 3.63) is 65.7 Å². The van der Waals surface area contributed by atoms with Crippen LogP contribution in [0.15, 0.2) is 59.5 Å². The summed E-state index contributed by atoms with van der Waals surface area (Å²) in [6.45, 7) is 0.716. The molecule has 0 aromatic heterocycles. The summed E-state index contributed by atoms with van der Waals surface area (Å²) in [5, 5.41) is 9.06. The lowest BCUT2D eigenvalue weighted by Crippen LogP contribution is -2.40. The Morgan fingerprint density at radius 3 is 2.30 bits per heavy atom. The van der Waals surface area contributed by atoms with Crippen LogP contribution in [0.1, 0.15) is 28.8 Å². The van der Waals surface area contributed by atoms with Gasteiger partial charge < -0.3 is 10.0 Å². The summed E-state index contributed by atoms with van der Waals surface area (Å²) >= 11 is 0. The highest BCUT2D eigenvalue weighted by Crippen LogP contribution is 2.22. The minimum absolute atomic E-state index is 0.109. The fourth-order valence-electron chi connectivity index (χ4n) is 3.21. The van der Waals surface area contributed by atoms with Crippen molar-refractivity contribution in [2.45, 2.75) is 23.5 Å². The Labute approximate surface area is 158 Å². The van der Waals surface area contributed by atoms with Gasteiger partial charge in [-0.1, -0.05) is 36.4 Å². The van der Waals surface area contributed by atoms with Crippen molar-refractivity contribution in [3.8, 4) is 0 Å². The maximum Gasteiger partial charge on any atom is 0.306 e. The highest BCUT2D eigenvalue weighted by molar-refractivity contribution is 7.90. The number of benzene rings is 2. The van der Waals surface area contributed by atoms with Crippen LogP contribution in [0.5, 0.6) is 0 Å². The summed E-state index contributed by atoms with van der Waals surface area (Å²) in [5.74, 6) is -1.66. The molecule has 0 atom stereocenters. The molecule has 1 amide bonds. The van der Waals surface area contributed by atoms with Gasteiger partial charge in [-0.15, -0.1) is 0 Å². The number of carbonyl (C=O) groups excluding carboxylic acids is 1. The summed E-state index contributed by atoms with van der Waals surface area (Å²) in [7, 11) is -3.57. The van der Waals surface area contributed by atoms with Crippen LogP contribution in [0.2, 0.25) is 0 Å². The number of carboxylic acid groups (broad SMARTS) is 1. The van der Waals surface area contributed by atoms with Gasteiger partial charge in [0.15, 0.2) is 9.84 Å². The molecule has 0 unspecified atom stereocenters. The fraction of sp³-hybridized carbons (Fsp3) is 0.300. The lowest BCUT2D eigenvalue weighted by Gasteiger charge is -2.30. The summed E-state index contributed by atoms with van der Waals surface area (Å²) in [5.41, 5.74) is 0.989. The molecule has 1 N–H and O–H groups in total. The predicted octanol–water partition coefficient (Wildman–Crippen LogP) is 2.60. The molecule has 0 spiro atoms. The van der Waals surface area contributed by atoms with Crippen LogP contribution in [0.4, 0.5) is 0 Å². The lowest BCUT2D eigenvalue weighted by atomic mass is 9.96. The van der Waals surface area contributed by atoms with E-state index in [1.54, 1.807) is 41.3 Å². The lowest BCUT2D eigenvalue weighted by molar-refractivity contribution is -0.143. The number of rotatable bonds is 5. The van der Waals surface area contributed by atoms with E-state index in [0.717, 1.165) is 0 Å². The van der Waals surface area contributed by atoms with Crippen molar-refractivity contribution < 1.29 is 23.1 Å². The minimum atomic E-state index is -3.57. The van der Waals surface area contributed by atoms with E-state index >= 15 is 0 Å². The normalized spacial score (nSPS) is 15.5. The molecular weight excluding hydrogens is 366 g/mol.